The van der Waals surface area contributed by atoms with Gasteiger partial charge >= 0.3 is 0 Å². The zero-order valence-electron chi connectivity index (χ0n) is 16.7. The molecule has 0 aliphatic carbocycles. The summed E-state index contributed by atoms with van der Waals surface area (Å²) in [7, 11) is -2.41. The van der Waals surface area contributed by atoms with Gasteiger partial charge in [-0.2, -0.15) is 0 Å². The van der Waals surface area contributed by atoms with Crippen LogP contribution >= 0.6 is 8.03 Å². The van der Waals surface area contributed by atoms with Crippen LogP contribution in [0.1, 0.15) is 83.6 Å². The molecule has 1 aromatic carbocycles. The van der Waals surface area contributed by atoms with Crippen molar-refractivity contribution in [2.75, 3.05) is 6.16 Å². The van der Waals surface area contributed by atoms with Crippen molar-refractivity contribution in [3.05, 3.63) is 28.8 Å². The molecule has 5 nitrogen and oxygen atoms in total. The highest BCUT2D eigenvalue weighted by atomic mass is 31.1. The fourth-order valence-corrected chi connectivity index (χ4v) is 3.66. The van der Waals surface area contributed by atoms with E-state index in [1.807, 2.05) is 12.1 Å². The number of aromatic hydroxyl groups is 1. The summed E-state index contributed by atoms with van der Waals surface area (Å²) in [4.78, 5) is 14.6. The van der Waals surface area contributed by atoms with E-state index in [4.69, 9.17) is 9.73 Å². The molecule has 6 heteroatoms. The van der Waals surface area contributed by atoms with Gasteiger partial charge in [-0.25, -0.2) is 0 Å². The van der Waals surface area contributed by atoms with Crippen LogP contribution in [0.5, 0.6) is 5.75 Å². The Balaban J connectivity index is 2.27. The Hall–Kier alpha value is -1.32. The van der Waals surface area contributed by atoms with Gasteiger partial charge in [0.05, 0.1) is 5.71 Å². The van der Waals surface area contributed by atoms with E-state index in [9.17, 15) is 9.67 Å². The van der Waals surface area contributed by atoms with Gasteiger partial charge in [0.2, 0.25) is 0 Å². The number of hydrogen-bond acceptors (Lipinski definition) is 4. The molecule has 2 rings (SSSR count). The van der Waals surface area contributed by atoms with Crippen LogP contribution in [-0.2, 0) is 20.2 Å². The predicted octanol–water partition coefficient (Wildman–Crippen LogP) is 5.05. The first-order valence-corrected chi connectivity index (χ1v) is 10.8. The highest BCUT2D eigenvalue weighted by Gasteiger charge is 2.30. The number of phenols is 1. The molecule has 0 saturated heterocycles. The lowest BCUT2D eigenvalue weighted by atomic mass is 9.77. The Kier molecular flexibility index (Phi) is 6.24. The largest absolute Gasteiger partial charge is 0.507 e. The van der Waals surface area contributed by atoms with E-state index in [0.29, 0.717) is 31.2 Å². The standard InChI is InChI=1S/C20H32NO4P/c1-19(2,3)15-10-13(11-16(18(15)22)20(4,5)6)17-12-14(21-25-17)8-7-9-26(23)24/h10-11,17,22,26H,7-9,12H2,1-6H3,(H,23,24). The van der Waals surface area contributed by atoms with Crippen LogP contribution in [-0.4, -0.2) is 21.9 Å². The average Bonchev–Trinajstić information content (AvgIpc) is 2.93. The average molecular weight is 381 g/mol. The van der Waals surface area contributed by atoms with Crippen molar-refractivity contribution in [3.8, 4) is 5.75 Å². The fraction of sp³-hybridized carbons (Fsp3) is 0.650. The van der Waals surface area contributed by atoms with Crippen molar-refractivity contribution in [3.63, 3.8) is 0 Å². The number of rotatable bonds is 5. The van der Waals surface area contributed by atoms with E-state index in [0.717, 1.165) is 22.4 Å². The molecule has 0 aromatic heterocycles. The van der Waals surface area contributed by atoms with E-state index in [-0.39, 0.29) is 16.9 Å². The maximum Gasteiger partial charge on any atom is 0.189 e. The molecule has 2 unspecified atom stereocenters. The third kappa shape index (κ3) is 5.11. The van der Waals surface area contributed by atoms with E-state index in [1.165, 1.54) is 0 Å². The number of nitrogens with zero attached hydrogens (tertiary/aromatic N) is 1. The Bertz CT molecular complexity index is 678. The molecule has 0 saturated carbocycles. The van der Waals surface area contributed by atoms with E-state index in [2.05, 4.69) is 46.7 Å². The normalized spacial score (nSPS) is 19.2. The van der Waals surface area contributed by atoms with E-state index >= 15 is 0 Å². The molecular formula is C20H32NO4P. The van der Waals surface area contributed by atoms with Crippen LogP contribution in [0.3, 0.4) is 0 Å². The van der Waals surface area contributed by atoms with Gasteiger partial charge < -0.3 is 14.8 Å². The molecule has 0 fully saturated rings. The van der Waals surface area contributed by atoms with Crippen LogP contribution in [0.15, 0.2) is 17.3 Å². The third-order valence-corrected chi connectivity index (χ3v) is 5.49. The molecule has 26 heavy (non-hydrogen) atoms. The van der Waals surface area contributed by atoms with Crippen LogP contribution in [0.25, 0.3) is 0 Å². The van der Waals surface area contributed by atoms with Gasteiger partial charge in [0.15, 0.2) is 14.1 Å². The fourth-order valence-electron chi connectivity index (χ4n) is 3.18. The second-order valence-corrected chi connectivity index (χ2v) is 10.5. The quantitative estimate of drug-likeness (QED) is 0.700. The van der Waals surface area contributed by atoms with Crippen LogP contribution in [0.2, 0.25) is 0 Å². The minimum Gasteiger partial charge on any atom is -0.507 e. The SMILES string of the molecule is CC(C)(C)c1cc(C2CC(CCC[PH](=O)O)=NO2)cc(C(C)(C)C)c1O. The van der Waals surface area contributed by atoms with Crippen molar-refractivity contribution < 1.29 is 19.4 Å². The van der Waals surface area contributed by atoms with Crippen LogP contribution in [0.4, 0.5) is 0 Å². The summed E-state index contributed by atoms with van der Waals surface area (Å²) < 4.78 is 10.8. The van der Waals surface area contributed by atoms with Crippen molar-refractivity contribution in [2.45, 2.75) is 77.7 Å². The van der Waals surface area contributed by atoms with Gasteiger partial charge in [-0.05, 0) is 52.5 Å². The highest BCUT2D eigenvalue weighted by Crippen LogP contribution is 2.42. The molecule has 1 aliphatic heterocycles. The summed E-state index contributed by atoms with van der Waals surface area (Å²) in [5.74, 6) is 0.362. The summed E-state index contributed by atoms with van der Waals surface area (Å²) in [6, 6.07) is 4.06. The molecule has 1 aliphatic rings. The van der Waals surface area contributed by atoms with Gasteiger partial charge in [0.25, 0.3) is 0 Å². The smallest absolute Gasteiger partial charge is 0.189 e. The second-order valence-electron chi connectivity index (χ2n) is 9.17. The lowest BCUT2D eigenvalue weighted by Crippen LogP contribution is -2.18. The molecule has 1 heterocycles. The summed E-state index contributed by atoms with van der Waals surface area (Å²) in [6.45, 7) is 12.5. The Morgan fingerprint density at radius 2 is 1.69 bits per heavy atom. The lowest BCUT2D eigenvalue weighted by Gasteiger charge is -2.29. The Morgan fingerprint density at radius 1 is 1.15 bits per heavy atom. The highest BCUT2D eigenvalue weighted by molar-refractivity contribution is 7.37. The van der Waals surface area contributed by atoms with Crippen molar-refractivity contribution in [1.82, 2.24) is 0 Å². The predicted molar refractivity (Wildman–Crippen MR) is 107 cm³/mol. The summed E-state index contributed by atoms with van der Waals surface area (Å²) in [6.07, 6.45) is 2.18. The van der Waals surface area contributed by atoms with Crippen molar-refractivity contribution in [2.24, 2.45) is 5.16 Å². The molecule has 2 atom stereocenters. The van der Waals surface area contributed by atoms with Gasteiger partial charge in [-0.1, -0.05) is 46.7 Å². The van der Waals surface area contributed by atoms with Crippen molar-refractivity contribution in [1.29, 1.82) is 0 Å². The maximum atomic E-state index is 10.8. The first-order valence-electron chi connectivity index (χ1n) is 9.21. The molecule has 0 spiro atoms. The van der Waals surface area contributed by atoms with E-state index < -0.39 is 8.03 Å². The minimum atomic E-state index is -2.41. The van der Waals surface area contributed by atoms with Gasteiger partial charge in [-0.3, -0.25) is 4.57 Å². The zero-order chi connectivity index (χ0) is 19.7. The van der Waals surface area contributed by atoms with Gasteiger partial charge in [-0.15, -0.1) is 0 Å². The summed E-state index contributed by atoms with van der Waals surface area (Å²) in [5.41, 5.74) is 3.41. The second kappa shape index (κ2) is 7.74. The Morgan fingerprint density at radius 3 is 2.15 bits per heavy atom. The first-order chi connectivity index (χ1) is 11.9. The van der Waals surface area contributed by atoms with Crippen LogP contribution < -0.4 is 0 Å². The van der Waals surface area contributed by atoms with Crippen molar-refractivity contribution >= 4 is 13.7 Å². The maximum absolute atomic E-state index is 10.8. The number of phenolic OH excluding ortho intramolecular Hbond substituents is 1. The number of hydrogen-bond donors (Lipinski definition) is 2. The zero-order valence-corrected chi connectivity index (χ0v) is 17.7. The molecule has 1 aromatic rings. The number of benzene rings is 1. The molecule has 0 amide bonds. The summed E-state index contributed by atoms with van der Waals surface area (Å²) >= 11 is 0. The number of oxime groups is 1. The van der Waals surface area contributed by atoms with E-state index in [1.54, 1.807) is 0 Å². The van der Waals surface area contributed by atoms with Gasteiger partial charge in [0.1, 0.15) is 5.75 Å². The monoisotopic (exact) mass is 381 g/mol. The lowest BCUT2D eigenvalue weighted by molar-refractivity contribution is 0.0854. The molecule has 0 radical (unpaired) electrons. The molecule has 146 valence electrons. The first kappa shape index (κ1) is 21.0. The van der Waals surface area contributed by atoms with Crippen LogP contribution in [0, 0.1) is 0 Å². The molecule has 2 N–H and O–H groups in total. The Labute approximate surface area is 157 Å². The topological polar surface area (TPSA) is 79.1 Å². The summed E-state index contributed by atoms with van der Waals surface area (Å²) in [5, 5.41) is 15.0. The molecule has 0 bridgehead atoms. The third-order valence-electron chi connectivity index (χ3n) is 4.71. The minimum absolute atomic E-state index is 0.168. The molecular weight excluding hydrogens is 349 g/mol. The van der Waals surface area contributed by atoms with Gasteiger partial charge in [0, 0.05) is 12.6 Å².